The Labute approximate surface area is 141 Å². The standard InChI is InChI=1S/C13H19FN6O5/c1-24-6-2-4-16-8-3-5-20(12(23)17-8)11-9(14)10(22)13(7-21,25-11)18-19-15/h3,5,9-11,21-22H,2,4,6-7H2,1H3,(H,16,17,23)/t9-,10?,11+,13+/m0/s1. The number of methoxy groups -OCH3 is 1. The fraction of sp³-hybridized carbons (Fsp3) is 0.692. The van der Waals surface area contributed by atoms with E-state index in [1.807, 2.05) is 0 Å². The van der Waals surface area contributed by atoms with Gasteiger partial charge in [0.1, 0.15) is 11.9 Å². The van der Waals surface area contributed by atoms with E-state index < -0.39 is 36.5 Å². The monoisotopic (exact) mass is 358 g/mol. The van der Waals surface area contributed by atoms with E-state index in [1.54, 1.807) is 7.11 Å². The first-order valence-electron chi connectivity index (χ1n) is 7.48. The summed E-state index contributed by atoms with van der Waals surface area (Å²) in [7, 11) is 1.58. The van der Waals surface area contributed by atoms with Crippen LogP contribution in [0.15, 0.2) is 22.2 Å². The molecule has 0 amide bonds. The highest BCUT2D eigenvalue weighted by molar-refractivity contribution is 5.31. The molecule has 2 rings (SSSR count). The number of halogens is 1. The van der Waals surface area contributed by atoms with Crippen LogP contribution >= 0.6 is 0 Å². The minimum atomic E-state index is -2.20. The lowest BCUT2D eigenvalue weighted by Gasteiger charge is -2.23. The summed E-state index contributed by atoms with van der Waals surface area (Å²) in [6.07, 6.45) is -3.68. The van der Waals surface area contributed by atoms with E-state index in [2.05, 4.69) is 20.3 Å². The van der Waals surface area contributed by atoms with Crippen LogP contribution in [0.1, 0.15) is 12.6 Å². The lowest BCUT2D eigenvalue weighted by molar-refractivity contribution is -0.124. The van der Waals surface area contributed by atoms with Crippen molar-refractivity contribution in [3.63, 3.8) is 0 Å². The molecule has 1 saturated heterocycles. The maximum absolute atomic E-state index is 14.4. The molecular formula is C13H19FN6O5. The fourth-order valence-corrected chi connectivity index (χ4v) is 2.42. The Kier molecular flexibility index (Phi) is 6.28. The first-order chi connectivity index (χ1) is 12.0. The Morgan fingerprint density at radius 3 is 3.04 bits per heavy atom. The molecule has 0 aliphatic carbocycles. The first-order valence-corrected chi connectivity index (χ1v) is 7.48. The number of anilines is 1. The van der Waals surface area contributed by atoms with Crippen LogP contribution in [0.4, 0.5) is 10.2 Å². The van der Waals surface area contributed by atoms with Crippen molar-refractivity contribution in [3.8, 4) is 0 Å². The van der Waals surface area contributed by atoms with Crippen molar-refractivity contribution >= 4 is 5.82 Å². The molecule has 11 nitrogen and oxygen atoms in total. The van der Waals surface area contributed by atoms with Crippen molar-refractivity contribution < 1.29 is 24.1 Å². The van der Waals surface area contributed by atoms with Gasteiger partial charge in [0.2, 0.25) is 5.72 Å². The summed E-state index contributed by atoms with van der Waals surface area (Å²) in [5.74, 6) is 0.287. The highest BCUT2D eigenvalue weighted by Crippen LogP contribution is 2.39. The summed E-state index contributed by atoms with van der Waals surface area (Å²) >= 11 is 0. The van der Waals surface area contributed by atoms with Crippen LogP contribution in [0.3, 0.4) is 0 Å². The number of aromatic nitrogens is 2. The number of alkyl halides is 1. The number of rotatable bonds is 8. The molecule has 0 radical (unpaired) electrons. The molecule has 138 valence electrons. The topological polar surface area (TPSA) is 155 Å². The van der Waals surface area contributed by atoms with Gasteiger partial charge < -0.3 is 25.0 Å². The molecule has 12 heteroatoms. The van der Waals surface area contributed by atoms with Crippen molar-refractivity contribution in [2.45, 2.75) is 30.6 Å². The molecule has 1 aliphatic rings. The van der Waals surface area contributed by atoms with Gasteiger partial charge in [-0.15, -0.1) is 0 Å². The third-order valence-corrected chi connectivity index (χ3v) is 3.74. The Balaban J connectivity index is 2.18. The average molecular weight is 358 g/mol. The maximum atomic E-state index is 14.4. The predicted molar refractivity (Wildman–Crippen MR) is 83.5 cm³/mol. The number of nitrogens with zero attached hydrogens (tertiary/aromatic N) is 5. The van der Waals surface area contributed by atoms with E-state index in [9.17, 15) is 19.4 Å². The largest absolute Gasteiger partial charge is 0.393 e. The zero-order valence-electron chi connectivity index (χ0n) is 13.4. The Hall–Kier alpha value is -2.24. The quantitative estimate of drug-likeness (QED) is 0.254. The third-order valence-electron chi connectivity index (χ3n) is 3.74. The van der Waals surface area contributed by atoms with Crippen molar-refractivity contribution in [2.24, 2.45) is 5.11 Å². The van der Waals surface area contributed by atoms with E-state index in [-0.39, 0.29) is 5.82 Å². The number of hydrogen-bond donors (Lipinski definition) is 3. The van der Waals surface area contributed by atoms with Crippen LogP contribution in [-0.4, -0.2) is 64.6 Å². The number of aliphatic hydroxyl groups excluding tert-OH is 2. The first kappa shape index (κ1) is 19.1. The smallest absolute Gasteiger partial charge is 0.351 e. The van der Waals surface area contributed by atoms with Crippen molar-refractivity contribution in [3.05, 3.63) is 33.2 Å². The van der Waals surface area contributed by atoms with Crippen LogP contribution in [0.2, 0.25) is 0 Å². The third kappa shape index (κ3) is 3.89. The van der Waals surface area contributed by atoms with Gasteiger partial charge in [0, 0.05) is 31.4 Å². The molecule has 3 N–H and O–H groups in total. The van der Waals surface area contributed by atoms with E-state index in [4.69, 9.17) is 15.0 Å². The molecule has 0 saturated carbocycles. The second-order valence-electron chi connectivity index (χ2n) is 5.37. The van der Waals surface area contributed by atoms with E-state index >= 15 is 0 Å². The number of aliphatic hydroxyl groups is 2. The summed E-state index contributed by atoms with van der Waals surface area (Å²) in [5, 5.41) is 25.3. The van der Waals surface area contributed by atoms with Gasteiger partial charge >= 0.3 is 5.69 Å². The van der Waals surface area contributed by atoms with Crippen molar-refractivity contribution in [2.75, 3.05) is 32.2 Å². The van der Waals surface area contributed by atoms with Gasteiger partial charge in [0.05, 0.1) is 6.61 Å². The fourth-order valence-electron chi connectivity index (χ4n) is 2.42. The van der Waals surface area contributed by atoms with Gasteiger partial charge in [-0.1, -0.05) is 5.11 Å². The van der Waals surface area contributed by atoms with Crippen molar-refractivity contribution in [1.29, 1.82) is 0 Å². The lowest BCUT2D eigenvalue weighted by atomic mass is 10.1. The molecule has 1 unspecified atom stereocenters. The van der Waals surface area contributed by atoms with E-state index in [1.165, 1.54) is 12.3 Å². The SMILES string of the molecule is COCCCNc1ccn([C@@H]2O[C@@](CO)(N=[N+]=[N-])C(O)[C@@H]2F)c(=O)n1. The second kappa shape index (κ2) is 8.23. The summed E-state index contributed by atoms with van der Waals surface area (Å²) in [6, 6.07) is 1.43. The molecular weight excluding hydrogens is 339 g/mol. The molecule has 25 heavy (non-hydrogen) atoms. The minimum Gasteiger partial charge on any atom is -0.393 e. The van der Waals surface area contributed by atoms with Crippen LogP contribution < -0.4 is 11.0 Å². The molecule has 0 aromatic carbocycles. The van der Waals surface area contributed by atoms with E-state index in [0.29, 0.717) is 19.6 Å². The van der Waals surface area contributed by atoms with Crippen LogP contribution in [0.5, 0.6) is 0 Å². The van der Waals surface area contributed by atoms with Gasteiger partial charge in [-0.2, -0.15) is 4.98 Å². The summed E-state index contributed by atoms with van der Waals surface area (Å²) in [5.41, 5.74) is 5.50. The van der Waals surface area contributed by atoms with Crippen LogP contribution in [0.25, 0.3) is 10.4 Å². The van der Waals surface area contributed by atoms with Gasteiger partial charge in [0.15, 0.2) is 12.4 Å². The number of hydrogen-bond acceptors (Lipinski definition) is 8. The number of ether oxygens (including phenoxy) is 2. The summed E-state index contributed by atoms with van der Waals surface area (Å²) in [4.78, 5) is 18.3. The molecule has 1 fully saturated rings. The van der Waals surface area contributed by atoms with Crippen LogP contribution in [0, 0.1) is 0 Å². The highest BCUT2D eigenvalue weighted by Gasteiger charge is 2.56. The zero-order valence-corrected chi connectivity index (χ0v) is 13.4. The van der Waals surface area contributed by atoms with Gasteiger partial charge in [0.25, 0.3) is 0 Å². The van der Waals surface area contributed by atoms with Gasteiger partial charge in [-0.3, -0.25) is 4.57 Å². The Bertz CT molecular complexity index is 696. The lowest BCUT2D eigenvalue weighted by Crippen LogP contribution is -2.43. The zero-order chi connectivity index (χ0) is 18.4. The predicted octanol–water partition coefficient (Wildman–Crippen LogP) is -0.0816. The Morgan fingerprint density at radius 2 is 2.44 bits per heavy atom. The van der Waals surface area contributed by atoms with E-state index in [0.717, 1.165) is 4.57 Å². The normalized spacial score (nSPS) is 28.6. The highest BCUT2D eigenvalue weighted by atomic mass is 19.1. The van der Waals surface area contributed by atoms with Crippen LogP contribution in [-0.2, 0) is 9.47 Å². The molecule has 4 atom stereocenters. The Morgan fingerprint density at radius 1 is 1.68 bits per heavy atom. The molecule has 1 aliphatic heterocycles. The molecule has 1 aromatic heterocycles. The molecule has 1 aromatic rings. The van der Waals surface area contributed by atoms with Gasteiger partial charge in [-0.05, 0) is 18.0 Å². The number of azide groups is 1. The number of nitrogens with one attached hydrogen (secondary N) is 1. The molecule has 2 heterocycles. The second-order valence-corrected chi connectivity index (χ2v) is 5.37. The molecule has 0 spiro atoms. The van der Waals surface area contributed by atoms with Crippen molar-refractivity contribution in [1.82, 2.24) is 9.55 Å². The minimum absolute atomic E-state index is 0.287. The summed E-state index contributed by atoms with van der Waals surface area (Å²) < 4.78 is 25.2. The molecule has 0 bridgehead atoms. The maximum Gasteiger partial charge on any atom is 0.351 e. The van der Waals surface area contributed by atoms with Gasteiger partial charge in [-0.25, -0.2) is 9.18 Å². The summed E-state index contributed by atoms with van der Waals surface area (Å²) in [6.45, 7) is 0.125. The average Bonchev–Trinajstić information content (AvgIpc) is 2.85.